The second-order valence-corrected chi connectivity index (χ2v) is 8.92. The molecule has 5 rings (SSSR count). The molecular formula is C23H19N3O3S2. The minimum Gasteiger partial charge on any atom is -0.464 e. The molecule has 4 aromatic rings. The van der Waals surface area contributed by atoms with E-state index in [1.165, 1.54) is 28.7 Å². The summed E-state index contributed by atoms with van der Waals surface area (Å²) >= 11 is 2.69. The molecule has 0 unspecified atom stereocenters. The molecular weight excluding hydrogens is 430 g/mol. The van der Waals surface area contributed by atoms with E-state index in [2.05, 4.69) is 12.6 Å². The van der Waals surface area contributed by atoms with Gasteiger partial charge in [0.25, 0.3) is 5.56 Å². The zero-order valence-corrected chi connectivity index (χ0v) is 18.2. The first-order valence-electron chi connectivity index (χ1n) is 9.85. The molecule has 31 heavy (non-hydrogen) atoms. The van der Waals surface area contributed by atoms with Crippen molar-refractivity contribution in [2.45, 2.75) is 18.1 Å². The molecule has 1 aliphatic rings. The molecule has 0 N–H and O–H groups in total. The van der Waals surface area contributed by atoms with Crippen molar-refractivity contribution in [1.82, 2.24) is 9.55 Å². The van der Waals surface area contributed by atoms with Crippen LogP contribution in [0.15, 0.2) is 75.1 Å². The number of rotatable bonds is 6. The average Bonchev–Trinajstić information content (AvgIpc) is 3.53. The highest BCUT2D eigenvalue weighted by atomic mass is 32.2. The average molecular weight is 450 g/mol. The fraction of sp³-hybridized carbons (Fsp3) is 0.174. The molecule has 6 nitrogen and oxygen atoms in total. The van der Waals surface area contributed by atoms with Crippen molar-refractivity contribution >= 4 is 44.9 Å². The molecule has 8 heteroatoms. The highest BCUT2D eigenvalue weighted by molar-refractivity contribution is 7.99. The summed E-state index contributed by atoms with van der Waals surface area (Å²) in [6, 6.07) is 11.6. The number of hydrogen-bond donors (Lipinski definition) is 0. The number of hydrogen-bond acceptors (Lipinski definition) is 6. The van der Waals surface area contributed by atoms with Crippen LogP contribution in [0.4, 0.5) is 5.69 Å². The number of anilines is 1. The number of amides is 1. The summed E-state index contributed by atoms with van der Waals surface area (Å²) in [6.07, 6.45) is 4.11. The summed E-state index contributed by atoms with van der Waals surface area (Å²) in [7, 11) is 0. The third-order valence-electron chi connectivity index (χ3n) is 5.27. The molecule has 0 radical (unpaired) electrons. The van der Waals surface area contributed by atoms with Crippen molar-refractivity contribution < 1.29 is 9.21 Å². The Hall–Kier alpha value is -3.10. The summed E-state index contributed by atoms with van der Waals surface area (Å²) in [5.74, 6) is 0.857. The quantitative estimate of drug-likeness (QED) is 0.245. The lowest BCUT2D eigenvalue weighted by molar-refractivity contribution is -0.116. The molecule has 0 bridgehead atoms. The van der Waals surface area contributed by atoms with Crippen LogP contribution >= 0.6 is 23.1 Å². The Morgan fingerprint density at radius 3 is 2.97 bits per heavy atom. The lowest BCUT2D eigenvalue weighted by atomic mass is 10.2. The Morgan fingerprint density at radius 2 is 2.16 bits per heavy atom. The number of furan rings is 1. The lowest BCUT2D eigenvalue weighted by Gasteiger charge is -2.17. The second-order valence-electron chi connectivity index (χ2n) is 7.12. The number of para-hydroxylation sites is 1. The topological polar surface area (TPSA) is 68.3 Å². The maximum atomic E-state index is 13.3. The molecule has 1 amide bonds. The number of thiophene rings is 1. The van der Waals surface area contributed by atoms with Gasteiger partial charge in [-0.3, -0.25) is 14.2 Å². The maximum Gasteiger partial charge on any atom is 0.263 e. The summed E-state index contributed by atoms with van der Waals surface area (Å²) in [5, 5.41) is 2.94. The molecule has 3 aromatic heterocycles. The van der Waals surface area contributed by atoms with Crippen LogP contribution in [-0.4, -0.2) is 27.8 Å². The van der Waals surface area contributed by atoms with Gasteiger partial charge in [0.15, 0.2) is 5.16 Å². The standard InChI is InChI=1S/C23H19N3O3S2/c1-2-10-26-22(28)20-16(18-8-5-12-29-18)13-30-21(20)24-23(26)31-14-19(27)25-11-9-15-6-3-4-7-17(15)25/h2-8,12-13H,1,9-11,14H2. The monoisotopic (exact) mass is 449 g/mol. The number of allylic oxidation sites excluding steroid dienone is 1. The molecule has 1 aliphatic heterocycles. The Morgan fingerprint density at radius 1 is 1.29 bits per heavy atom. The summed E-state index contributed by atoms with van der Waals surface area (Å²) in [6.45, 7) is 4.77. The normalized spacial score (nSPS) is 13.0. The first-order valence-corrected chi connectivity index (χ1v) is 11.7. The van der Waals surface area contributed by atoms with Crippen LogP contribution in [0.25, 0.3) is 21.5 Å². The molecule has 0 spiro atoms. The fourth-order valence-electron chi connectivity index (χ4n) is 3.82. The van der Waals surface area contributed by atoms with Gasteiger partial charge in [-0.2, -0.15) is 0 Å². The Balaban J connectivity index is 1.46. The van der Waals surface area contributed by atoms with E-state index in [1.54, 1.807) is 23.0 Å². The lowest BCUT2D eigenvalue weighted by Crippen LogP contribution is -2.31. The number of carbonyl (C=O) groups excluding carboxylic acids is 1. The molecule has 0 fully saturated rings. The number of benzene rings is 1. The second kappa shape index (κ2) is 8.20. The minimum atomic E-state index is -0.154. The van der Waals surface area contributed by atoms with Crippen molar-refractivity contribution in [2.75, 3.05) is 17.2 Å². The van der Waals surface area contributed by atoms with Gasteiger partial charge >= 0.3 is 0 Å². The molecule has 1 aromatic carbocycles. The van der Waals surface area contributed by atoms with Crippen molar-refractivity contribution in [1.29, 1.82) is 0 Å². The maximum absolute atomic E-state index is 13.3. The molecule has 4 heterocycles. The predicted octanol–water partition coefficient (Wildman–Crippen LogP) is 4.59. The van der Waals surface area contributed by atoms with Crippen LogP contribution in [0, 0.1) is 0 Å². The summed E-state index contributed by atoms with van der Waals surface area (Å²) in [4.78, 5) is 33.4. The van der Waals surface area contributed by atoms with Gasteiger partial charge in [0, 0.05) is 29.7 Å². The van der Waals surface area contributed by atoms with E-state index in [1.807, 2.05) is 34.5 Å². The van der Waals surface area contributed by atoms with E-state index in [0.29, 0.717) is 34.2 Å². The molecule has 0 saturated heterocycles. The van der Waals surface area contributed by atoms with Gasteiger partial charge in [-0.1, -0.05) is 36.0 Å². The Bertz CT molecular complexity index is 1340. The van der Waals surface area contributed by atoms with Crippen LogP contribution in [0.3, 0.4) is 0 Å². The first-order chi connectivity index (χ1) is 15.2. The van der Waals surface area contributed by atoms with Crippen molar-refractivity contribution in [3.63, 3.8) is 0 Å². The largest absolute Gasteiger partial charge is 0.464 e. The fourth-order valence-corrected chi connectivity index (χ4v) is 5.67. The SMILES string of the molecule is C=CCn1c(SCC(=O)N2CCc3ccccc32)nc2scc(-c3ccco3)c2c1=O. The Labute approximate surface area is 186 Å². The van der Waals surface area contributed by atoms with Crippen LogP contribution in [0.1, 0.15) is 5.56 Å². The van der Waals surface area contributed by atoms with E-state index >= 15 is 0 Å². The van der Waals surface area contributed by atoms with Crippen molar-refractivity contribution in [3.8, 4) is 11.3 Å². The smallest absolute Gasteiger partial charge is 0.263 e. The van der Waals surface area contributed by atoms with E-state index in [0.717, 1.165) is 17.7 Å². The molecule has 156 valence electrons. The highest BCUT2D eigenvalue weighted by Crippen LogP contribution is 2.33. The number of fused-ring (bicyclic) bond motifs is 2. The molecule has 0 atom stereocenters. The third-order valence-corrected chi connectivity index (χ3v) is 7.10. The van der Waals surface area contributed by atoms with Crippen LogP contribution < -0.4 is 10.5 Å². The summed E-state index contributed by atoms with van der Waals surface area (Å²) in [5.41, 5.74) is 2.75. The van der Waals surface area contributed by atoms with Crippen molar-refractivity contribution in [3.05, 3.63) is 76.6 Å². The van der Waals surface area contributed by atoms with E-state index < -0.39 is 0 Å². The third kappa shape index (κ3) is 3.51. The van der Waals surface area contributed by atoms with Crippen LogP contribution in [0.2, 0.25) is 0 Å². The van der Waals surface area contributed by atoms with Gasteiger partial charge in [0.2, 0.25) is 5.91 Å². The zero-order valence-electron chi connectivity index (χ0n) is 16.6. The number of nitrogens with zero attached hydrogens (tertiary/aromatic N) is 3. The van der Waals surface area contributed by atoms with E-state index in [-0.39, 0.29) is 17.2 Å². The predicted molar refractivity (Wildman–Crippen MR) is 125 cm³/mol. The highest BCUT2D eigenvalue weighted by Gasteiger charge is 2.25. The van der Waals surface area contributed by atoms with Gasteiger partial charge in [-0.05, 0) is 30.2 Å². The summed E-state index contributed by atoms with van der Waals surface area (Å²) < 4.78 is 7.06. The van der Waals surface area contributed by atoms with Gasteiger partial charge < -0.3 is 9.32 Å². The van der Waals surface area contributed by atoms with Gasteiger partial charge in [0.05, 0.1) is 17.4 Å². The van der Waals surface area contributed by atoms with E-state index in [9.17, 15) is 9.59 Å². The molecule has 0 saturated carbocycles. The first kappa shape index (κ1) is 19.8. The van der Waals surface area contributed by atoms with Crippen LogP contribution in [-0.2, 0) is 17.8 Å². The van der Waals surface area contributed by atoms with Crippen molar-refractivity contribution in [2.24, 2.45) is 0 Å². The Kier molecular flexibility index (Phi) is 5.25. The zero-order chi connectivity index (χ0) is 21.4. The molecule has 0 aliphatic carbocycles. The van der Waals surface area contributed by atoms with Gasteiger partial charge in [0.1, 0.15) is 10.6 Å². The van der Waals surface area contributed by atoms with Gasteiger partial charge in [-0.15, -0.1) is 17.9 Å². The van der Waals surface area contributed by atoms with E-state index in [4.69, 9.17) is 9.40 Å². The number of thioether (sulfide) groups is 1. The number of carbonyl (C=O) groups is 1. The number of aromatic nitrogens is 2. The van der Waals surface area contributed by atoms with Gasteiger partial charge in [-0.25, -0.2) is 4.98 Å². The minimum absolute atomic E-state index is 0.0110. The van der Waals surface area contributed by atoms with Crippen LogP contribution in [0.5, 0.6) is 0 Å².